The van der Waals surface area contributed by atoms with Crippen LogP contribution in [-0.2, 0) is 4.79 Å². The number of aromatic nitrogens is 2. The second-order valence-corrected chi connectivity index (χ2v) is 5.23. The highest BCUT2D eigenvalue weighted by atomic mass is 79.9. The van der Waals surface area contributed by atoms with Crippen LogP contribution in [0.25, 0.3) is 11.3 Å². The third-order valence-electron chi connectivity index (χ3n) is 3.07. The van der Waals surface area contributed by atoms with Gasteiger partial charge in [0.05, 0.1) is 5.69 Å². The van der Waals surface area contributed by atoms with E-state index >= 15 is 0 Å². The van der Waals surface area contributed by atoms with Gasteiger partial charge in [-0.2, -0.15) is 0 Å². The molecule has 5 heteroatoms. The number of aryl methyl sites for hydroxylation is 1. The van der Waals surface area contributed by atoms with E-state index in [1.54, 1.807) is 0 Å². The minimum Gasteiger partial charge on any atom is -0.481 e. The summed E-state index contributed by atoms with van der Waals surface area (Å²) in [5, 5.41) is 9.18. The Bertz CT molecular complexity index is 607. The fourth-order valence-corrected chi connectivity index (χ4v) is 2.52. The zero-order valence-electron chi connectivity index (χ0n) is 10.8. The average Bonchev–Trinajstić information content (AvgIpc) is 2.72. The second kappa shape index (κ2) is 5.57. The van der Waals surface area contributed by atoms with Crippen molar-refractivity contribution in [3.63, 3.8) is 0 Å². The summed E-state index contributed by atoms with van der Waals surface area (Å²) in [6.45, 7) is 3.74. The van der Waals surface area contributed by atoms with Crippen LogP contribution in [0.4, 0.5) is 0 Å². The molecule has 0 aliphatic rings. The number of carbonyl (C=O) groups is 1. The highest BCUT2D eigenvalue weighted by Gasteiger charge is 2.23. The van der Waals surface area contributed by atoms with Crippen molar-refractivity contribution in [2.45, 2.75) is 26.2 Å². The number of nitrogens with one attached hydrogen (secondary N) is 1. The van der Waals surface area contributed by atoms with Crippen molar-refractivity contribution in [3.8, 4) is 11.3 Å². The molecule has 0 aliphatic heterocycles. The molecule has 0 fully saturated rings. The van der Waals surface area contributed by atoms with Gasteiger partial charge >= 0.3 is 5.97 Å². The van der Waals surface area contributed by atoms with Gasteiger partial charge in [0.2, 0.25) is 0 Å². The number of carboxylic acid groups (broad SMARTS) is 1. The van der Waals surface area contributed by atoms with Crippen molar-refractivity contribution >= 4 is 21.9 Å². The third-order valence-corrected chi connectivity index (χ3v) is 3.76. The van der Waals surface area contributed by atoms with Crippen LogP contribution in [0.3, 0.4) is 0 Å². The molecule has 1 aromatic carbocycles. The van der Waals surface area contributed by atoms with E-state index in [0.29, 0.717) is 12.2 Å². The molecule has 0 bridgehead atoms. The molecule has 0 radical (unpaired) electrons. The number of aromatic amines is 1. The van der Waals surface area contributed by atoms with Crippen LogP contribution in [0, 0.1) is 6.92 Å². The first kappa shape index (κ1) is 13.8. The number of hydrogen-bond acceptors (Lipinski definition) is 2. The number of halogens is 1. The number of H-pyrrole nitrogens is 1. The molecule has 2 rings (SSSR count). The van der Waals surface area contributed by atoms with E-state index in [1.807, 2.05) is 38.1 Å². The van der Waals surface area contributed by atoms with Crippen LogP contribution in [0.1, 0.15) is 30.8 Å². The molecule has 0 saturated carbocycles. The van der Waals surface area contributed by atoms with Crippen LogP contribution in [0.15, 0.2) is 28.7 Å². The van der Waals surface area contributed by atoms with Crippen molar-refractivity contribution in [2.75, 3.05) is 0 Å². The first-order valence-corrected chi connectivity index (χ1v) is 6.88. The lowest BCUT2D eigenvalue weighted by Gasteiger charge is -2.05. The summed E-state index contributed by atoms with van der Waals surface area (Å²) in [7, 11) is 0. The topological polar surface area (TPSA) is 66.0 Å². The number of rotatable bonds is 4. The Kier molecular flexibility index (Phi) is 4.04. The zero-order valence-corrected chi connectivity index (χ0v) is 12.4. The van der Waals surface area contributed by atoms with Gasteiger partial charge in [0.25, 0.3) is 0 Å². The number of benzene rings is 1. The number of carboxylic acids is 1. The van der Waals surface area contributed by atoms with Crippen LogP contribution < -0.4 is 0 Å². The lowest BCUT2D eigenvalue weighted by Crippen LogP contribution is -2.12. The van der Waals surface area contributed by atoms with E-state index in [1.165, 1.54) is 0 Å². The lowest BCUT2D eigenvalue weighted by molar-refractivity contribution is -0.139. The second-order valence-electron chi connectivity index (χ2n) is 4.37. The number of imidazole rings is 1. The van der Waals surface area contributed by atoms with E-state index in [2.05, 4.69) is 25.9 Å². The molecule has 19 heavy (non-hydrogen) atoms. The van der Waals surface area contributed by atoms with Gasteiger partial charge < -0.3 is 10.1 Å². The Hall–Kier alpha value is -1.62. The molecule has 0 saturated heterocycles. The SMILES string of the molecule is CCC(C(=O)O)c1nc(-c2ccccc2Br)c(C)[nH]1. The summed E-state index contributed by atoms with van der Waals surface area (Å²) in [6.07, 6.45) is 0.512. The molecule has 1 unspecified atom stereocenters. The van der Waals surface area contributed by atoms with Crippen LogP contribution >= 0.6 is 15.9 Å². The average molecular weight is 323 g/mol. The van der Waals surface area contributed by atoms with E-state index in [4.69, 9.17) is 0 Å². The minimum absolute atomic E-state index is 0.512. The monoisotopic (exact) mass is 322 g/mol. The van der Waals surface area contributed by atoms with Gasteiger partial charge in [0.1, 0.15) is 11.7 Å². The largest absolute Gasteiger partial charge is 0.481 e. The standard InChI is InChI=1S/C14H15BrN2O2/c1-3-9(14(18)19)13-16-8(2)12(17-13)10-6-4-5-7-11(10)15/h4-7,9H,3H2,1-2H3,(H,16,17)(H,18,19). The molecule has 1 atom stereocenters. The Morgan fingerprint density at radius 3 is 2.74 bits per heavy atom. The highest BCUT2D eigenvalue weighted by molar-refractivity contribution is 9.10. The van der Waals surface area contributed by atoms with Crippen molar-refractivity contribution in [1.82, 2.24) is 9.97 Å². The lowest BCUT2D eigenvalue weighted by atomic mass is 10.1. The molecule has 0 aliphatic carbocycles. The van der Waals surface area contributed by atoms with Crippen LogP contribution in [0.5, 0.6) is 0 Å². The van der Waals surface area contributed by atoms with Crippen LogP contribution in [-0.4, -0.2) is 21.0 Å². The maximum Gasteiger partial charge on any atom is 0.314 e. The molecule has 0 spiro atoms. The van der Waals surface area contributed by atoms with Gasteiger partial charge in [-0.05, 0) is 19.4 Å². The van der Waals surface area contributed by atoms with Crippen molar-refractivity contribution in [3.05, 3.63) is 40.3 Å². The minimum atomic E-state index is -0.852. The molecular formula is C14H15BrN2O2. The highest BCUT2D eigenvalue weighted by Crippen LogP contribution is 2.30. The first-order valence-electron chi connectivity index (χ1n) is 6.08. The van der Waals surface area contributed by atoms with Gasteiger partial charge in [0, 0.05) is 15.7 Å². The van der Waals surface area contributed by atoms with Gasteiger partial charge in [-0.3, -0.25) is 4.79 Å². The predicted molar refractivity (Wildman–Crippen MR) is 77.1 cm³/mol. The molecular weight excluding hydrogens is 308 g/mol. The summed E-state index contributed by atoms with van der Waals surface area (Å²) in [6, 6.07) is 7.77. The summed E-state index contributed by atoms with van der Waals surface area (Å²) >= 11 is 3.49. The predicted octanol–water partition coefficient (Wildman–Crippen LogP) is 3.73. The molecule has 100 valence electrons. The molecule has 2 N–H and O–H groups in total. The van der Waals surface area contributed by atoms with Gasteiger partial charge in [-0.1, -0.05) is 41.1 Å². The maximum absolute atomic E-state index is 11.2. The molecule has 1 aromatic heterocycles. The summed E-state index contributed by atoms with van der Waals surface area (Å²) in [5.41, 5.74) is 2.63. The Morgan fingerprint density at radius 2 is 2.16 bits per heavy atom. The van der Waals surface area contributed by atoms with E-state index in [9.17, 15) is 9.90 Å². The fraction of sp³-hybridized carbons (Fsp3) is 0.286. The molecule has 1 heterocycles. The number of nitrogens with zero attached hydrogens (tertiary/aromatic N) is 1. The first-order chi connectivity index (χ1) is 9.04. The Morgan fingerprint density at radius 1 is 1.47 bits per heavy atom. The van der Waals surface area contributed by atoms with Crippen molar-refractivity contribution in [1.29, 1.82) is 0 Å². The van der Waals surface area contributed by atoms with E-state index in [0.717, 1.165) is 21.4 Å². The maximum atomic E-state index is 11.2. The normalized spacial score (nSPS) is 12.4. The Labute approximate surface area is 120 Å². The van der Waals surface area contributed by atoms with Crippen molar-refractivity contribution in [2.24, 2.45) is 0 Å². The van der Waals surface area contributed by atoms with Crippen LogP contribution in [0.2, 0.25) is 0 Å². The summed E-state index contributed by atoms with van der Waals surface area (Å²) in [4.78, 5) is 18.7. The smallest absolute Gasteiger partial charge is 0.314 e. The quantitative estimate of drug-likeness (QED) is 0.901. The van der Waals surface area contributed by atoms with E-state index in [-0.39, 0.29) is 0 Å². The van der Waals surface area contributed by atoms with Gasteiger partial charge in [-0.25, -0.2) is 4.98 Å². The number of hydrogen-bond donors (Lipinski definition) is 2. The molecule has 4 nitrogen and oxygen atoms in total. The molecule has 2 aromatic rings. The molecule has 0 amide bonds. The van der Waals surface area contributed by atoms with Gasteiger partial charge in [-0.15, -0.1) is 0 Å². The summed E-state index contributed by atoms with van der Waals surface area (Å²) in [5.74, 6) is -0.928. The zero-order chi connectivity index (χ0) is 14.0. The van der Waals surface area contributed by atoms with Gasteiger partial charge in [0.15, 0.2) is 0 Å². The Balaban J connectivity index is 2.48. The fourth-order valence-electron chi connectivity index (χ4n) is 2.05. The third kappa shape index (κ3) is 2.71. The van der Waals surface area contributed by atoms with Crippen molar-refractivity contribution < 1.29 is 9.90 Å². The van der Waals surface area contributed by atoms with E-state index < -0.39 is 11.9 Å². The summed E-state index contributed by atoms with van der Waals surface area (Å²) < 4.78 is 0.944. The number of aliphatic carboxylic acids is 1.